The number of hydrogen-bond donors (Lipinski definition) is 1. The van der Waals surface area contributed by atoms with Gasteiger partial charge >= 0.3 is 0 Å². The molecule has 1 amide bonds. The molecule has 1 N–H and O–H groups in total. The summed E-state index contributed by atoms with van der Waals surface area (Å²) in [4.78, 5) is 20.1. The summed E-state index contributed by atoms with van der Waals surface area (Å²) in [7, 11) is 0. The second kappa shape index (κ2) is 7.80. The Morgan fingerprint density at radius 1 is 1.17 bits per heavy atom. The van der Waals surface area contributed by atoms with Crippen molar-refractivity contribution in [3.8, 4) is 0 Å². The minimum atomic E-state index is -0.768. The molecule has 3 aromatic rings. The zero-order valence-corrected chi connectivity index (χ0v) is 16.9. The Morgan fingerprint density at radius 3 is 2.67 bits per heavy atom. The Morgan fingerprint density at radius 2 is 1.93 bits per heavy atom. The first kappa shape index (κ1) is 19.2. The van der Waals surface area contributed by atoms with Crippen molar-refractivity contribution in [3.63, 3.8) is 0 Å². The average Bonchev–Trinajstić information content (AvgIpc) is 3.50. The number of carbonyl (C=O) groups excluding carboxylic acids is 1. The molecule has 1 aliphatic carbocycles. The first-order valence-corrected chi connectivity index (χ1v) is 10.7. The fourth-order valence-electron chi connectivity index (χ4n) is 4.53. The van der Waals surface area contributed by atoms with E-state index in [1.54, 1.807) is 0 Å². The highest BCUT2D eigenvalue weighted by atomic mass is 19.1. The van der Waals surface area contributed by atoms with Crippen LogP contribution in [0.4, 0.5) is 4.39 Å². The Balaban J connectivity index is 1.39. The van der Waals surface area contributed by atoms with Crippen molar-refractivity contribution >= 4 is 16.8 Å². The number of amides is 1. The Kier molecular flexibility index (Phi) is 4.99. The second-order valence-electron chi connectivity index (χ2n) is 8.58. The highest BCUT2D eigenvalue weighted by Gasteiger charge is 2.52. The van der Waals surface area contributed by atoms with Gasteiger partial charge in [0.2, 0.25) is 5.91 Å². The predicted molar refractivity (Wildman–Crippen MR) is 116 cm³/mol. The van der Waals surface area contributed by atoms with Gasteiger partial charge in [0, 0.05) is 31.2 Å². The normalized spacial score (nSPS) is 21.4. The van der Waals surface area contributed by atoms with E-state index in [4.69, 9.17) is 0 Å². The van der Waals surface area contributed by atoms with Crippen LogP contribution in [-0.4, -0.2) is 41.6 Å². The molecular weight excluding hydrogens is 377 g/mol. The number of carbonyl (C=O) groups is 1. The first-order valence-electron chi connectivity index (χ1n) is 10.7. The summed E-state index contributed by atoms with van der Waals surface area (Å²) < 4.78 is 13.7. The molecular formula is C25H26FN3O. The summed E-state index contributed by atoms with van der Waals surface area (Å²) in [6.45, 7) is 1.81. The molecule has 30 heavy (non-hydrogen) atoms. The number of aromatic nitrogens is 1. The molecule has 1 saturated heterocycles. The lowest BCUT2D eigenvalue weighted by Crippen LogP contribution is -2.42. The van der Waals surface area contributed by atoms with E-state index >= 15 is 0 Å². The van der Waals surface area contributed by atoms with Crippen molar-refractivity contribution < 1.29 is 9.18 Å². The molecule has 0 spiro atoms. The third kappa shape index (κ3) is 3.70. The average molecular weight is 404 g/mol. The van der Waals surface area contributed by atoms with Crippen molar-refractivity contribution in [3.05, 3.63) is 78.0 Å². The fourth-order valence-corrected chi connectivity index (χ4v) is 4.53. The molecule has 1 aliphatic heterocycles. The zero-order chi connectivity index (χ0) is 20.6. The number of nitrogens with zero attached hydrogens (tertiary/aromatic N) is 2. The van der Waals surface area contributed by atoms with Crippen LogP contribution in [0.2, 0.25) is 0 Å². The highest BCUT2D eigenvalue weighted by Crippen LogP contribution is 2.49. The lowest BCUT2D eigenvalue weighted by Gasteiger charge is -2.27. The van der Waals surface area contributed by atoms with Gasteiger partial charge in [-0.25, -0.2) is 4.39 Å². The third-order valence-electron chi connectivity index (χ3n) is 6.49. The summed E-state index contributed by atoms with van der Waals surface area (Å²) in [5.41, 5.74) is 2.48. The molecule has 2 heterocycles. The minimum absolute atomic E-state index is 0.0458. The first-order chi connectivity index (χ1) is 14.6. The maximum atomic E-state index is 13.7. The van der Waals surface area contributed by atoms with Crippen LogP contribution in [-0.2, 0) is 10.2 Å². The number of likely N-dealkylation sites (tertiary alicyclic amines) is 1. The Bertz CT molecular complexity index is 1050. The van der Waals surface area contributed by atoms with E-state index in [0.29, 0.717) is 19.5 Å². The molecule has 1 saturated carbocycles. The predicted octanol–water partition coefficient (Wildman–Crippen LogP) is 4.17. The van der Waals surface area contributed by atoms with Crippen LogP contribution < -0.4 is 5.32 Å². The molecule has 2 aliphatic rings. The number of benzene rings is 2. The van der Waals surface area contributed by atoms with Crippen molar-refractivity contribution in [2.45, 2.75) is 36.9 Å². The van der Waals surface area contributed by atoms with E-state index in [1.807, 2.05) is 60.8 Å². The quantitative estimate of drug-likeness (QED) is 0.672. The lowest BCUT2D eigenvalue weighted by atomic mass is 9.94. The SMILES string of the molecule is O=C(N[C@H](CN1CC[C@@H](F)C1)c1ccccc1)C1(c2cnc3ccccc3c2)CC1. The number of nitrogens with one attached hydrogen (secondary N) is 1. The zero-order valence-electron chi connectivity index (χ0n) is 16.9. The van der Waals surface area contributed by atoms with Gasteiger partial charge in [-0.05, 0) is 42.5 Å². The number of halogens is 1. The number of fused-ring (bicyclic) bond motifs is 1. The maximum Gasteiger partial charge on any atom is 0.231 e. The van der Waals surface area contributed by atoms with Crippen LogP contribution in [0.25, 0.3) is 10.9 Å². The summed E-state index contributed by atoms with van der Waals surface area (Å²) >= 11 is 0. The molecule has 0 radical (unpaired) electrons. The fraction of sp³-hybridized carbons (Fsp3) is 0.360. The van der Waals surface area contributed by atoms with E-state index in [2.05, 4.69) is 21.3 Å². The monoisotopic (exact) mass is 403 g/mol. The summed E-state index contributed by atoms with van der Waals surface area (Å²) in [5.74, 6) is 0.0458. The Labute approximate surface area is 176 Å². The van der Waals surface area contributed by atoms with Gasteiger partial charge in [0.25, 0.3) is 0 Å². The number of alkyl halides is 1. The molecule has 5 rings (SSSR count). The van der Waals surface area contributed by atoms with Crippen LogP contribution in [0.3, 0.4) is 0 Å². The highest BCUT2D eigenvalue weighted by molar-refractivity contribution is 5.93. The number of hydrogen-bond acceptors (Lipinski definition) is 3. The molecule has 5 heteroatoms. The van der Waals surface area contributed by atoms with Gasteiger partial charge in [-0.3, -0.25) is 14.7 Å². The van der Waals surface area contributed by atoms with Gasteiger partial charge in [0.1, 0.15) is 6.17 Å². The van der Waals surface area contributed by atoms with Crippen molar-refractivity contribution in [2.24, 2.45) is 0 Å². The topological polar surface area (TPSA) is 45.2 Å². The molecule has 0 bridgehead atoms. The van der Waals surface area contributed by atoms with Crippen molar-refractivity contribution in [1.29, 1.82) is 0 Å². The van der Waals surface area contributed by atoms with Crippen LogP contribution >= 0.6 is 0 Å². The van der Waals surface area contributed by atoms with Gasteiger partial charge in [0.05, 0.1) is 17.0 Å². The molecule has 4 nitrogen and oxygen atoms in total. The number of rotatable bonds is 6. The standard InChI is InChI=1S/C25H26FN3O/c26-21-10-13-29(16-21)17-23(18-6-2-1-3-7-18)28-24(30)25(11-12-25)20-14-19-8-4-5-9-22(19)27-15-20/h1-9,14-15,21,23H,10-13,16-17H2,(H,28,30)/t21-,23-/m1/s1. The van der Waals surface area contributed by atoms with Gasteiger partial charge < -0.3 is 5.32 Å². The molecule has 0 unspecified atom stereocenters. The number of para-hydroxylation sites is 1. The van der Waals surface area contributed by atoms with Crippen LogP contribution in [0.5, 0.6) is 0 Å². The van der Waals surface area contributed by atoms with Gasteiger partial charge in [-0.1, -0.05) is 48.5 Å². The molecule has 154 valence electrons. The van der Waals surface area contributed by atoms with Crippen molar-refractivity contribution in [1.82, 2.24) is 15.2 Å². The van der Waals surface area contributed by atoms with E-state index in [0.717, 1.165) is 41.4 Å². The molecule has 2 atom stereocenters. The second-order valence-corrected chi connectivity index (χ2v) is 8.58. The third-order valence-corrected chi connectivity index (χ3v) is 6.49. The smallest absolute Gasteiger partial charge is 0.231 e. The summed E-state index contributed by atoms with van der Waals surface area (Å²) in [6, 6.07) is 19.9. The largest absolute Gasteiger partial charge is 0.347 e. The Hall–Kier alpha value is -2.79. The van der Waals surface area contributed by atoms with Gasteiger partial charge in [-0.15, -0.1) is 0 Å². The minimum Gasteiger partial charge on any atom is -0.347 e. The van der Waals surface area contributed by atoms with Gasteiger partial charge in [-0.2, -0.15) is 0 Å². The summed E-state index contributed by atoms with van der Waals surface area (Å²) in [5, 5.41) is 4.35. The van der Waals surface area contributed by atoms with Crippen molar-refractivity contribution in [2.75, 3.05) is 19.6 Å². The van der Waals surface area contributed by atoms with Crippen LogP contribution in [0.1, 0.15) is 36.4 Å². The van der Waals surface area contributed by atoms with E-state index in [9.17, 15) is 9.18 Å². The lowest BCUT2D eigenvalue weighted by molar-refractivity contribution is -0.124. The van der Waals surface area contributed by atoms with E-state index in [1.165, 1.54) is 0 Å². The van der Waals surface area contributed by atoms with E-state index < -0.39 is 11.6 Å². The number of pyridine rings is 1. The van der Waals surface area contributed by atoms with Gasteiger partial charge in [0.15, 0.2) is 0 Å². The molecule has 2 fully saturated rings. The van der Waals surface area contributed by atoms with Crippen LogP contribution in [0, 0.1) is 0 Å². The molecule has 1 aromatic heterocycles. The van der Waals surface area contributed by atoms with Crippen LogP contribution in [0.15, 0.2) is 66.9 Å². The summed E-state index contributed by atoms with van der Waals surface area (Å²) in [6.07, 6.45) is 3.31. The van der Waals surface area contributed by atoms with E-state index in [-0.39, 0.29) is 11.9 Å². The maximum absolute atomic E-state index is 13.7. The molecule has 2 aromatic carbocycles.